The smallest absolute Gasteiger partial charge is 0.319 e. The zero-order valence-electron chi connectivity index (χ0n) is 10.6. The van der Waals surface area contributed by atoms with Crippen molar-refractivity contribution in [3.8, 4) is 0 Å². The Hall–Kier alpha value is -1.56. The van der Waals surface area contributed by atoms with Crippen LogP contribution in [0.15, 0.2) is 29.2 Å². The van der Waals surface area contributed by atoms with Gasteiger partial charge in [-0.2, -0.15) is 0 Å². The fraction of sp³-hybridized carbons (Fsp3) is 0.417. The second-order valence-electron chi connectivity index (χ2n) is 4.00. The molecule has 100 valence electrons. The van der Waals surface area contributed by atoms with Gasteiger partial charge in [0.1, 0.15) is 0 Å². The predicted octanol–water partition coefficient (Wildman–Crippen LogP) is 2.01. The molecule has 1 aromatic carbocycles. The van der Waals surface area contributed by atoms with Gasteiger partial charge in [-0.1, -0.05) is 25.5 Å². The zero-order valence-corrected chi connectivity index (χ0v) is 11.4. The van der Waals surface area contributed by atoms with Crippen LogP contribution < -0.4 is 10.6 Å². The highest BCUT2D eigenvalue weighted by Gasteiger charge is 2.13. The Bertz CT molecular complexity index is 512. The van der Waals surface area contributed by atoms with Crippen molar-refractivity contribution in [2.75, 3.05) is 18.1 Å². The highest BCUT2D eigenvalue weighted by atomic mass is 32.2. The molecule has 0 aromatic heterocycles. The summed E-state index contributed by atoms with van der Waals surface area (Å²) in [5, 5.41) is 5.21. The highest BCUT2D eigenvalue weighted by molar-refractivity contribution is 7.90. The number of rotatable bonds is 5. The molecule has 0 fully saturated rings. The molecule has 0 atom stereocenters. The molecule has 0 spiro atoms. The molecule has 2 N–H and O–H groups in total. The van der Waals surface area contributed by atoms with Crippen molar-refractivity contribution in [2.24, 2.45) is 0 Å². The maximum Gasteiger partial charge on any atom is 0.319 e. The molecule has 0 heterocycles. The summed E-state index contributed by atoms with van der Waals surface area (Å²) in [6.45, 7) is 2.60. The molecule has 0 aliphatic carbocycles. The molecule has 0 unspecified atom stereocenters. The first-order chi connectivity index (χ1) is 8.45. The normalized spacial score (nSPS) is 11.0. The van der Waals surface area contributed by atoms with Gasteiger partial charge in [0.05, 0.1) is 10.6 Å². The highest BCUT2D eigenvalue weighted by Crippen LogP contribution is 2.20. The standard InChI is InChI=1S/C12H18N2O3S/c1-3-4-9-13-12(15)14-10-7-5-6-8-11(10)18(2,16)17/h5-8H,3-4,9H2,1-2H3,(H2,13,14,15). The van der Waals surface area contributed by atoms with Gasteiger partial charge in [-0.05, 0) is 18.6 Å². The molecular formula is C12H18N2O3S. The van der Waals surface area contributed by atoms with Crippen molar-refractivity contribution in [3.63, 3.8) is 0 Å². The minimum absolute atomic E-state index is 0.121. The van der Waals surface area contributed by atoms with E-state index in [-0.39, 0.29) is 10.9 Å². The van der Waals surface area contributed by atoms with Crippen LogP contribution in [0.5, 0.6) is 0 Å². The van der Waals surface area contributed by atoms with Crippen molar-refractivity contribution in [3.05, 3.63) is 24.3 Å². The predicted molar refractivity (Wildman–Crippen MR) is 71.5 cm³/mol. The SMILES string of the molecule is CCCCNC(=O)Nc1ccccc1S(C)(=O)=O. The van der Waals surface area contributed by atoms with Crippen LogP contribution in [0.2, 0.25) is 0 Å². The maximum atomic E-state index is 11.5. The van der Waals surface area contributed by atoms with E-state index in [1.807, 2.05) is 6.92 Å². The van der Waals surface area contributed by atoms with Crippen molar-refractivity contribution < 1.29 is 13.2 Å². The van der Waals surface area contributed by atoms with Crippen LogP contribution in [-0.4, -0.2) is 27.2 Å². The first-order valence-corrected chi connectivity index (χ1v) is 7.68. The van der Waals surface area contributed by atoms with Gasteiger partial charge in [-0.15, -0.1) is 0 Å². The molecule has 0 bridgehead atoms. The van der Waals surface area contributed by atoms with Gasteiger partial charge in [-0.3, -0.25) is 0 Å². The number of para-hydroxylation sites is 1. The second-order valence-corrected chi connectivity index (χ2v) is 5.99. The molecule has 6 heteroatoms. The number of carbonyl (C=O) groups excluding carboxylic acids is 1. The van der Waals surface area contributed by atoms with E-state index in [1.54, 1.807) is 18.2 Å². The Labute approximate surface area is 108 Å². The number of benzene rings is 1. The number of anilines is 1. The minimum atomic E-state index is -3.35. The van der Waals surface area contributed by atoms with Gasteiger partial charge in [0, 0.05) is 12.8 Å². The van der Waals surface area contributed by atoms with Gasteiger partial charge >= 0.3 is 6.03 Å². The summed E-state index contributed by atoms with van der Waals surface area (Å²) in [5.74, 6) is 0. The lowest BCUT2D eigenvalue weighted by Crippen LogP contribution is -2.30. The summed E-state index contributed by atoms with van der Waals surface area (Å²) >= 11 is 0. The molecule has 2 amide bonds. The monoisotopic (exact) mass is 270 g/mol. The summed E-state index contributed by atoms with van der Waals surface area (Å²) in [4.78, 5) is 11.7. The van der Waals surface area contributed by atoms with E-state index in [1.165, 1.54) is 6.07 Å². The van der Waals surface area contributed by atoms with E-state index in [4.69, 9.17) is 0 Å². The lowest BCUT2D eigenvalue weighted by atomic mass is 10.3. The summed E-state index contributed by atoms with van der Waals surface area (Å²) in [7, 11) is -3.35. The topological polar surface area (TPSA) is 75.3 Å². The van der Waals surface area contributed by atoms with Crippen molar-refractivity contribution in [1.29, 1.82) is 0 Å². The van der Waals surface area contributed by atoms with E-state index in [2.05, 4.69) is 10.6 Å². The third-order valence-electron chi connectivity index (χ3n) is 2.35. The van der Waals surface area contributed by atoms with E-state index < -0.39 is 9.84 Å². The molecule has 1 aromatic rings. The number of hydrogen-bond donors (Lipinski definition) is 2. The number of sulfone groups is 1. The molecule has 0 radical (unpaired) electrons. The molecule has 0 aliphatic rings. The third-order valence-corrected chi connectivity index (χ3v) is 3.51. The molecule has 0 saturated heterocycles. The fourth-order valence-corrected chi connectivity index (χ4v) is 2.28. The Morgan fingerprint density at radius 3 is 2.56 bits per heavy atom. The van der Waals surface area contributed by atoms with Crippen LogP contribution in [0.1, 0.15) is 19.8 Å². The number of urea groups is 1. The number of hydrogen-bond acceptors (Lipinski definition) is 3. The van der Waals surface area contributed by atoms with E-state index in [0.717, 1.165) is 19.1 Å². The summed E-state index contributed by atoms with van der Waals surface area (Å²) in [6, 6.07) is 5.94. The largest absolute Gasteiger partial charge is 0.338 e. The Morgan fingerprint density at radius 2 is 1.94 bits per heavy atom. The molecule has 18 heavy (non-hydrogen) atoms. The first kappa shape index (κ1) is 14.5. The van der Waals surface area contributed by atoms with Gasteiger partial charge in [0.2, 0.25) is 0 Å². The molecule has 1 rings (SSSR count). The quantitative estimate of drug-likeness (QED) is 0.804. The van der Waals surface area contributed by atoms with Crippen molar-refractivity contribution in [1.82, 2.24) is 5.32 Å². The van der Waals surface area contributed by atoms with Crippen LogP contribution in [0.25, 0.3) is 0 Å². The van der Waals surface area contributed by atoms with Crippen molar-refractivity contribution in [2.45, 2.75) is 24.7 Å². The minimum Gasteiger partial charge on any atom is -0.338 e. The number of unbranched alkanes of at least 4 members (excludes halogenated alkanes) is 1. The van der Waals surface area contributed by atoms with Gasteiger partial charge in [0.15, 0.2) is 9.84 Å². The van der Waals surface area contributed by atoms with Crippen LogP contribution in [0.3, 0.4) is 0 Å². The number of carbonyl (C=O) groups is 1. The van der Waals surface area contributed by atoms with Gasteiger partial charge < -0.3 is 10.6 Å². The van der Waals surface area contributed by atoms with Gasteiger partial charge in [0.25, 0.3) is 0 Å². The lowest BCUT2D eigenvalue weighted by molar-refractivity contribution is 0.252. The first-order valence-electron chi connectivity index (χ1n) is 5.79. The van der Waals surface area contributed by atoms with E-state index >= 15 is 0 Å². The average Bonchev–Trinajstić information content (AvgIpc) is 2.28. The van der Waals surface area contributed by atoms with Gasteiger partial charge in [-0.25, -0.2) is 13.2 Å². The zero-order chi connectivity index (χ0) is 13.6. The van der Waals surface area contributed by atoms with Crippen LogP contribution in [0, 0.1) is 0 Å². The van der Waals surface area contributed by atoms with Crippen molar-refractivity contribution >= 4 is 21.6 Å². The van der Waals surface area contributed by atoms with E-state index in [0.29, 0.717) is 12.2 Å². The Balaban J connectivity index is 2.76. The third kappa shape index (κ3) is 4.37. The second kappa shape index (κ2) is 6.39. The van der Waals surface area contributed by atoms with Crippen LogP contribution in [0.4, 0.5) is 10.5 Å². The molecule has 0 saturated carbocycles. The maximum absolute atomic E-state index is 11.5. The number of amides is 2. The molecule has 5 nitrogen and oxygen atoms in total. The summed E-state index contributed by atoms with van der Waals surface area (Å²) in [5.41, 5.74) is 0.300. The Kier molecular flexibility index (Phi) is 5.15. The van der Waals surface area contributed by atoms with Crippen LogP contribution >= 0.6 is 0 Å². The Morgan fingerprint density at radius 1 is 1.28 bits per heavy atom. The molecular weight excluding hydrogens is 252 g/mol. The number of nitrogens with one attached hydrogen (secondary N) is 2. The summed E-state index contributed by atoms with van der Waals surface area (Å²) < 4.78 is 23.0. The average molecular weight is 270 g/mol. The lowest BCUT2D eigenvalue weighted by Gasteiger charge is -2.10. The molecule has 0 aliphatic heterocycles. The summed E-state index contributed by atoms with van der Waals surface area (Å²) in [6.07, 6.45) is 2.99. The fourth-order valence-electron chi connectivity index (χ4n) is 1.44. The van der Waals surface area contributed by atoms with E-state index in [9.17, 15) is 13.2 Å². The van der Waals surface area contributed by atoms with Crippen LogP contribution in [-0.2, 0) is 9.84 Å².